The minimum absolute atomic E-state index is 0.0246. The topological polar surface area (TPSA) is 140 Å². The summed E-state index contributed by atoms with van der Waals surface area (Å²) in [6, 6.07) is 10.7. The third-order valence-corrected chi connectivity index (χ3v) is 6.05. The quantitative estimate of drug-likeness (QED) is 0.377. The van der Waals surface area contributed by atoms with Crippen LogP contribution >= 0.6 is 0 Å². The normalized spacial score (nSPS) is 11.4. The van der Waals surface area contributed by atoms with E-state index < -0.39 is 21.7 Å². The number of ether oxygens (including phenoxy) is 3. The third-order valence-electron chi connectivity index (χ3n) is 4.67. The van der Waals surface area contributed by atoms with Crippen LogP contribution in [0.5, 0.6) is 11.5 Å². The molecule has 0 saturated carbocycles. The molecular formula is C21H19N3O7S. The summed E-state index contributed by atoms with van der Waals surface area (Å²) in [5.74, 6) is 0.487. The number of rotatable bonds is 6. The van der Waals surface area contributed by atoms with Crippen LogP contribution in [0.3, 0.4) is 0 Å². The predicted octanol–water partition coefficient (Wildman–Crippen LogP) is 3.35. The number of sulfonamides is 1. The number of aromatic amines is 2. The van der Waals surface area contributed by atoms with Gasteiger partial charge >= 0.3 is 6.16 Å². The van der Waals surface area contributed by atoms with Gasteiger partial charge in [-0.3, -0.25) is 9.52 Å². The summed E-state index contributed by atoms with van der Waals surface area (Å²) in [7, 11) is -2.47. The molecule has 166 valence electrons. The van der Waals surface area contributed by atoms with Crippen molar-refractivity contribution in [2.75, 3.05) is 18.4 Å². The lowest BCUT2D eigenvalue weighted by atomic mass is 10.1. The van der Waals surface area contributed by atoms with Crippen LogP contribution in [0.25, 0.3) is 21.8 Å². The van der Waals surface area contributed by atoms with Gasteiger partial charge in [0.15, 0.2) is 5.75 Å². The molecule has 0 fully saturated rings. The van der Waals surface area contributed by atoms with E-state index in [1.165, 1.54) is 37.6 Å². The number of nitrogens with one attached hydrogen (secondary N) is 3. The summed E-state index contributed by atoms with van der Waals surface area (Å²) < 4.78 is 43.3. The van der Waals surface area contributed by atoms with Crippen molar-refractivity contribution in [2.24, 2.45) is 0 Å². The molecule has 0 amide bonds. The van der Waals surface area contributed by atoms with E-state index in [0.717, 1.165) is 0 Å². The monoisotopic (exact) mass is 457 g/mol. The van der Waals surface area contributed by atoms with Gasteiger partial charge in [-0.25, -0.2) is 13.2 Å². The van der Waals surface area contributed by atoms with E-state index in [0.29, 0.717) is 22.0 Å². The van der Waals surface area contributed by atoms with Crippen LogP contribution in [0.1, 0.15) is 6.92 Å². The number of anilines is 1. The van der Waals surface area contributed by atoms with Crippen LogP contribution in [0.4, 0.5) is 10.5 Å². The summed E-state index contributed by atoms with van der Waals surface area (Å²) in [5, 5.41) is 0.783. The van der Waals surface area contributed by atoms with Gasteiger partial charge in [-0.15, -0.1) is 0 Å². The number of aromatic nitrogens is 2. The van der Waals surface area contributed by atoms with Crippen molar-refractivity contribution in [1.29, 1.82) is 0 Å². The largest absolute Gasteiger partial charge is 0.513 e. The van der Waals surface area contributed by atoms with Crippen molar-refractivity contribution in [3.8, 4) is 11.5 Å². The van der Waals surface area contributed by atoms with Crippen molar-refractivity contribution in [1.82, 2.24) is 9.97 Å². The Morgan fingerprint density at radius 1 is 1.16 bits per heavy atom. The number of methoxy groups -OCH3 is 1. The Kier molecular flexibility index (Phi) is 5.49. The average molecular weight is 457 g/mol. The zero-order valence-corrected chi connectivity index (χ0v) is 17.9. The Balaban J connectivity index is 1.79. The molecule has 4 rings (SSSR count). The molecule has 0 atom stereocenters. The predicted molar refractivity (Wildman–Crippen MR) is 118 cm³/mol. The fraction of sp³-hybridized carbons (Fsp3) is 0.143. The van der Waals surface area contributed by atoms with Crippen molar-refractivity contribution in [2.45, 2.75) is 11.8 Å². The van der Waals surface area contributed by atoms with E-state index in [1.54, 1.807) is 25.1 Å². The lowest BCUT2D eigenvalue weighted by Crippen LogP contribution is -2.13. The minimum atomic E-state index is -3.91. The van der Waals surface area contributed by atoms with Crippen molar-refractivity contribution >= 4 is 43.7 Å². The van der Waals surface area contributed by atoms with Gasteiger partial charge in [0.25, 0.3) is 15.6 Å². The fourth-order valence-electron chi connectivity index (χ4n) is 3.26. The van der Waals surface area contributed by atoms with Crippen molar-refractivity contribution in [3.63, 3.8) is 0 Å². The van der Waals surface area contributed by atoms with E-state index in [4.69, 9.17) is 14.2 Å². The average Bonchev–Trinajstić information content (AvgIpc) is 3.19. The number of carbonyl (C=O) groups is 1. The molecule has 0 aliphatic carbocycles. The first-order chi connectivity index (χ1) is 15.3. The first kappa shape index (κ1) is 21.2. The number of H-pyrrole nitrogens is 2. The van der Waals surface area contributed by atoms with Crippen LogP contribution in [0.15, 0.2) is 58.4 Å². The lowest BCUT2D eigenvalue weighted by molar-refractivity contribution is 0.105. The highest BCUT2D eigenvalue weighted by atomic mass is 32.2. The number of pyridine rings is 1. The Labute approximate surface area is 182 Å². The second-order valence-corrected chi connectivity index (χ2v) is 8.37. The molecule has 2 aromatic heterocycles. The number of carbonyl (C=O) groups excluding carboxylic acids is 1. The first-order valence-corrected chi connectivity index (χ1v) is 11.0. The van der Waals surface area contributed by atoms with Crippen LogP contribution in [0.2, 0.25) is 0 Å². The van der Waals surface area contributed by atoms with Gasteiger partial charge in [-0.1, -0.05) is 6.07 Å². The maximum atomic E-state index is 12.8. The molecule has 0 radical (unpaired) electrons. The smallest absolute Gasteiger partial charge is 0.497 e. The highest BCUT2D eigenvalue weighted by Crippen LogP contribution is 2.32. The Morgan fingerprint density at radius 3 is 2.72 bits per heavy atom. The molecule has 4 aromatic rings. The summed E-state index contributed by atoms with van der Waals surface area (Å²) in [6.07, 6.45) is 0.445. The van der Waals surface area contributed by atoms with Gasteiger partial charge in [0, 0.05) is 28.9 Å². The molecule has 11 heteroatoms. The summed E-state index contributed by atoms with van der Waals surface area (Å²) >= 11 is 0. The number of hydrogen-bond acceptors (Lipinski definition) is 7. The molecule has 0 bridgehead atoms. The molecule has 0 spiro atoms. The molecule has 32 heavy (non-hydrogen) atoms. The molecule has 0 unspecified atom stereocenters. The molecule has 3 N–H and O–H groups in total. The molecular weight excluding hydrogens is 438 g/mol. The fourth-order valence-corrected chi connectivity index (χ4v) is 4.34. The highest BCUT2D eigenvalue weighted by Gasteiger charge is 2.19. The van der Waals surface area contributed by atoms with Gasteiger partial charge in [0.05, 0.1) is 24.0 Å². The zero-order chi connectivity index (χ0) is 22.9. The molecule has 2 aromatic carbocycles. The van der Waals surface area contributed by atoms with E-state index in [1.807, 2.05) is 0 Å². The summed E-state index contributed by atoms with van der Waals surface area (Å²) in [6.45, 7) is 1.76. The van der Waals surface area contributed by atoms with E-state index in [-0.39, 0.29) is 28.5 Å². The summed E-state index contributed by atoms with van der Waals surface area (Å²) in [5.41, 5.74) is 0.428. The van der Waals surface area contributed by atoms with E-state index in [9.17, 15) is 18.0 Å². The Hall–Kier alpha value is -3.99. The van der Waals surface area contributed by atoms with E-state index >= 15 is 0 Å². The minimum Gasteiger partial charge on any atom is -0.497 e. The molecule has 2 heterocycles. The van der Waals surface area contributed by atoms with Crippen LogP contribution in [-0.4, -0.2) is 38.3 Å². The van der Waals surface area contributed by atoms with Gasteiger partial charge in [-0.05, 0) is 37.3 Å². The maximum absolute atomic E-state index is 12.8. The first-order valence-electron chi connectivity index (χ1n) is 9.51. The number of fused-ring (bicyclic) bond motifs is 3. The van der Waals surface area contributed by atoms with Crippen LogP contribution in [0, 0.1) is 0 Å². The third kappa shape index (κ3) is 3.97. The van der Waals surface area contributed by atoms with Crippen molar-refractivity contribution in [3.05, 3.63) is 59.0 Å². The lowest BCUT2D eigenvalue weighted by Gasteiger charge is -2.11. The van der Waals surface area contributed by atoms with Crippen molar-refractivity contribution < 1.29 is 27.4 Å². The van der Waals surface area contributed by atoms with Gasteiger partial charge < -0.3 is 24.2 Å². The Morgan fingerprint density at radius 2 is 1.97 bits per heavy atom. The van der Waals surface area contributed by atoms with E-state index in [2.05, 4.69) is 14.7 Å². The van der Waals surface area contributed by atoms with Gasteiger partial charge in [0.2, 0.25) is 0 Å². The van der Waals surface area contributed by atoms with Gasteiger partial charge in [-0.2, -0.15) is 0 Å². The van der Waals surface area contributed by atoms with Crippen LogP contribution in [-0.2, 0) is 14.8 Å². The number of benzene rings is 2. The summed E-state index contributed by atoms with van der Waals surface area (Å²) in [4.78, 5) is 29.7. The second kappa shape index (κ2) is 8.27. The maximum Gasteiger partial charge on any atom is 0.513 e. The Bertz CT molecular complexity index is 1490. The van der Waals surface area contributed by atoms with Crippen LogP contribution < -0.4 is 19.8 Å². The molecule has 10 nitrogen and oxygen atoms in total. The SMILES string of the molecule is CCOC(=O)Oc1c[nH]c2c(=O)[nH]c3ccc(NS(=O)(=O)c4cccc(OC)c4)cc3c12. The second-order valence-electron chi connectivity index (χ2n) is 6.69. The molecule has 0 aliphatic heterocycles. The molecule has 0 aliphatic rings. The number of hydrogen-bond donors (Lipinski definition) is 3. The highest BCUT2D eigenvalue weighted by molar-refractivity contribution is 7.92. The van der Waals surface area contributed by atoms with Gasteiger partial charge in [0.1, 0.15) is 11.3 Å². The standard InChI is InChI=1S/C21H19N3O7S/c1-3-30-21(26)31-17-11-22-19-18(17)15-9-12(7-8-16(15)23-20(19)25)24-32(27,28)14-6-4-5-13(10-14)29-2/h4-11,22,24H,3H2,1-2H3,(H,23,25). The molecule has 0 saturated heterocycles. The zero-order valence-electron chi connectivity index (χ0n) is 17.1.